The number of phenols is 2. The normalized spacial score (nSPS) is 14.6. The van der Waals surface area contributed by atoms with E-state index in [2.05, 4.69) is 5.32 Å². The molecule has 0 unspecified atom stereocenters. The van der Waals surface area contributed by atoms with Crippen LogP contribution in [0.3, 0.4) is 0 Å². The van der Waals surface area contributed by atoms with Crippen molar-refractivity contribution in [1.82, 2.24) is 5.32 Å². The Morgan fingerprint density at radius 3 is 1.64 bits per heavy atom. The molecule has 0 saturated heterocycles. The molecule has 4 rings (SSSR count). The lowest BCUT2D eigenvalue weighted by atomic mass is 9.78. The van der Waals surface area contributed by atoms with Crippen LogP contribution in [0.5, 0.6) is 11.5 Å². The largest absolute Gasteiger partial charge is 0.505 e. The molecule has 0 atom stereocenters. The molecule has 0 aromatic heterocycles. The Morgan fingerprint density at radius 2 is 1.18 bits per heavy atom. The molecule has 0 bridgehead atoms. The van der Waals surface area contributed by atoms with Crippen molar-refractivity contribution in [2.24, 2.45) is 0 Å². The van der Waals surface area contributed by atoms with Gasteiger partial charge in [-0.1, -0.05) is 64.6 Å². The summed E-state index contributed by atoms with van der Waals surface area (Å²) >= 11 is 24.6. The minimum atomic E-state index is -1.23. The second-order valence-corrected chi connectivity index (χ2v) is 7.96. The van der Waals surface area contributed by atoms with Crippen LogP contribution in [0.2, 0.25) is 20.1 Å². The van der Waals surface area contributed by atoms with E-state index < -0.39 is 5.54 Å². The van der Waals surface area contributed by atoms with Crippen LogP contribution in [0.25, 0.3) is 0 Å². The van der Waals surface area contributed by atoms with Crippen LogP contribution in [-0.2, 0) is 5.54 Å². The third-order valence-corrected chi connectivity index (χ3v) is 5.93. The number of amides is 1. The molecule has 0 radical (unpaired) electrons. The van der Waals surface area contributed by atoms with E-state index in [1.54, 1.807) is 24.3 Å². The van der Waals surface area contributed by atoms with Gasteiger partial charge in [0, 0.05) is 5.56 Å². The van der Waals surface area contributed by atoms with E-state index >= 15 is 0 Å². The lowest BCUT2D eigenvalue weighted by Crippen LogP contribution is -2.41. The second-order valence-electron chi connectivity index (χ2n) is 6.33. The van der Waals surface area contributed by atoms with Gasteiger partial charge in [0.25, 0.3) is 5.91 Å². The van der Waals surface area contributed by atoms with Gasteiger partial charge in [-0.3, -0.25) is 4.79 Å². The number of benzene rings is 3. The maximum absolute atomic E-state index is 12.8. The van der Waals surface area contributed by atoms with Crippen LogP contribution in [0.4, 0.5) is 0 Å². The molecule has 0 aliphatic carbocycles. The molecule has 0 saturated carbocycles. The van der Waals surface area contributed by atoms with Gasteiger partial charge in [0.05, 0.1) is 20.1 Å². The number of carbonyl (C=O) groups excluding carboxylic acids is 1. The van der Waals surface area contributed by atoms with Gasteiger partial charge < -0.3 is 15.5 Å². The van der Waals surface area contributed by atoms with Crippen LogP contribution in [0, 0.1) is 0 Å². The molecule has 1 heterocycles. The summed E-state index contributed by atoms with van der Waals surface area (Å²) in [5, 5.41) is 23.0. The SMILES string of the molecule is O=C1NC(c2cc(Cl)c(O)c(Cl)c2)(c2cc(Cl)c(O)c(Cl)c2)c2ccccc21. The molecule has 142 valence electrons. The van der Waals surface area contributed by atoms with Crippen molar-refractivity contribution < 1.29 is 15.0 Å². The van der Waals surface area contributed by atoms with Gasteiger partial charge in [-0.25, -0.2) is 0 Å². The highest BCUT2D eigenvalue weighted by Gasteiger charge is 2.46. The number of carbonyl (C=O) groups is 1. The van der Waals surface area contributed by atoms with Crippen molar-refractivity contribution in [3.8, 4) is 11.5 Å². The second kappa shape index (κ2) is 6.75. The predicted molar refractivity (Wildman–Crippen MR) is 110 cm³/mol. The Morgan fingerprint density at radius 1 is 0.750 bits per heavy atom. The number of rotatable bonds is 2. The molecule has 0 fully saturated rings. The molecule has 3 aromatic rings. The third kappa shape index (κ3) is 2.72. The number of nitrogens with one attached hydrogen (secondary N) is 1. The number of fused-ring (bicyclic) bond motifs is 1. The predicted octanol–water partition coefficient (Wildman–Crippen LogP) is 5.75. The molecule has 1 amide bonds. The van der Waals surface area contributed by atoms with Crippen molar-refractivity contribution in [3.63, 3.8) is 0 Å². The molecule has 0 spiro atoms. The molecule has 8 heteroatoms. The standard InChI is InChI=1S/C20H11Cl4NO3/c21-13-5-9(6-14(22)17(13)26)20(10-7-15(23)18(27)16(24)8-10)12-4-2-1-3-11(12)19(28)25-20/h1-8,26-27H,(H,25,28). The first-order valence-corrected chi connectivity index (χ1v) is 9.56. The zero-order valence-corrected chi connectivity index (χ0v) is 17.0. The lowest BCUT2D eigenvalue weighted by Gasteiger charge is -2.33. The van der Waals surface area contributed by atoms with Gasteiger partial charge in [-0.2, -0.15) is 0 Å². The fraction of sp³-hybridized carbons (Fsp3) is 0.0500. The van der Waals surface area contributed by atoms with E-state index in [1.807, 2.05) is 0 Å². The van der Waals surface area contributed by atoms with Crippen molar-refractivity contribution in [2.45, 2.75) is 5.54 Å². The maximum Gasteiger partial charge on any atom is 0.252 e. The summed E-state index contributed by atoms with van der Waals surface area (Å²) in [6.45, 7) is 0. The maximum atomic E-state index is 12.8. The van der Waals surface area contributed by atoms with E-state index in [0.29, 0.717) is 22.3 Å². The van der Waals surface area contributed by atoms with Crippen LogP contribution >= 0.6 is 46.4 Å². The van der Waals surface area contributed by atoms with Crippen LogP contribution < -0.4 is 5.32 Å². The average Bonchev–Trinajstić information content (AvgIpc) is 2.97. The van der Waals surface area contributed by atoms with Crippen LogP contribution in [0.1, 0.15) is 27.0 Å². The van der Waals surface area contributed by atoms with Gasteiger partial charge in [0.2, 0.25) is 0 Å². The number of hydrogen-bond donors (Lipinski definition) is 3. The van der Waals surface area contributed by atoms with E-state index in [4.69, 9.17) is 46.4 Å². The molecular formula is C20H11Cl4NO3. The molecule has 28 heavy (non-hydrogen) atoms. The first-order chi connectivity index (χ1) is 13.3. The van der Waals surface area contributed by atoms with E-state index in [9.17, 15) is 15.0 Å². The van der Waals surface area contributed by atoms with Crippen molar-refractivity contribution in [2.75, 3.05) is 0 Å². The summed E-state index contributed by atoms with van der Waals surface area (Å²) in [7, 11) is 0. The fourth-order valence-corrected chi connectivity index (χ4v) is 4.47. The van der Waals surface area contributed by atoms with E-state index in [0.717, 1.165) is 0 Å². The van der Waals surface area contributed by atoms with Gasteiger partial charge in [-0.05, 0) is 47.0 Å². The summed E-state index contributed by atoms with van der Waals surface area (Å²) in [6.07, 6.45) is 0. The molecule has 1 aliphatic rings. The Hall–Kier alpha value is -2.11. The first-order valence-electron chi connectivity index (χ1n) is 8.04. The minimum absolute atomic E-state index is 0.0245. The number of hydrogen-bond acceptors (Lipinski definition) is 3. The fourth-order valence-electron chi connectivity index (χ4n) is 3.50. The van der Waals surface area contributed by atoms with Gasteiger partial charge in [-0.15, -0.1) is 0 Å². The number of aromatic hydroxyl groups is 2. The zero-order valence-electron chi connectivity index (χ0n) is 13.9. The van der Waals surface area contributed by atoms with E-state index in [-0.39, 0.29) is 37.5 Å². The van der Waals surface area contributed by atoms with Crippen LogP contribution in [0.15, 0.2) is 48.5 Å². The van der Waals surface area contributed by atoms with Crippen molar-refractivity contribution in [1.29, 1.82) is 0 Å². The monoisotopic (exact) mass is 453 g/mol. The van der Waals surface area contributed by atoms with Gasteiger partial charge in [0.15, 0.2) is 11.5 Å². The number of halogens is 4. The highest BCUT2D eigenvalue weighted by Crippen LogP contribution is 2.48. The summed E-state index contributed by atoms with van der Waals surface area (Å²) in [6, 6.07) is 13.1. The highest BCUT2D eigenvalue weighted by molar-refractivity contribution is 6.38. The molecule has 1 aliphatic heterocycles. The highest BCUT2D eigenvalue weighted by atomic mass is 35.5. The lowest BCUT2D eigenvalue weighted by molar-refractivity contribution is 0.0948. The summed E-state index contributed by atoms with van der Waals surface area (Å²) < 4.78 is 0. The minimum Gasteiger partial charge on any atom is -0.505 e. The Labute approximate surface area is 180 Å². The quantitative estimate of drug-likeness (QED) is 0.461. The Balaban J connectivity index is 2.12. The molecule has 3 aromatic carbocycles. The average molecular weight is 455 g/mol. The third-order valence-electron chi connectivity index (χ3n) is 4.78. The topological polar surface area (TPSA) is 69.6 Å². The molecule has 4 nitrogen and oxygen atoms in total. The summed E-state index contributed by atoms with van der Waals surface area (Å²) in [5.41, 5.74) is 0.863. The smallest absolute Gasteiger partial charge is 0.252 e. The molecular weight excluding hydrogens is 444 g/mol. The first kappa shape index (κ1) is 19.2. The van der Waals surface area contributed by atoms with Crippen LogP contribution in [-0.4, -0.2) is 16.1 Å². The Bertz CT molecular complexity index is 1040. The Kier molecular flexibility index (Phi) is 4.63. The van der Waals surface area contributed by atoms with Crippen molar-refractivity contribution in [3.05, 3.63) is 90.9 Å². The van der Waals surface area contributed by atoms with Crippen molar-refractivity contribution >= 4 is 52.3 Å². The van der Waals surface area contributed by atoms with E-state index in [1.165, 1.54) is 24.3 Å². The van der Waals surface area contributed by atoms with Gasteiger partial charge >= 0.3 is 0 Å². The summed E-state index contributed by atoms with van der Waals surface area (Å²) in [4.78, 5) is 12.8. The zero-order chi connectivity index (χ0) is 20.2. The molecule has 3 N–H and O–H groups in total. The van der Waals surface area contributed by atoms with Gasteiger partial charge in [0.1, 0.15) is 5.54 Å². The summed E-state index contributed by atoms with van der Waals surface area (Å²) in [5.74, 6) is -0.834. The number of phenolic OH excluding ortho intramolecular Hbond substituents is 2.